The SMILES string of the molecule is CCCN(CC1CSCN1)C(C)C. The summed E-state index contributed by atoms with van der Waals surface area (Å²) < 4.78 is 0. The first-order valence-electron chi connectivity index (χ1n) is 5.29. The van der Waals surface area contributed by atoms with Gasteiger partial charge in [0.25, 0.3) is 0 Å². The molecule has 0 aromatic carbocycles. The highest BCUT2D eigenvalue weighted by molar-refractivity contribution is 7.99. The summed E-state index contributed by atoms with van der Waals surface area (Å²) in [5, 5.41) is 3.52. The predicted octanol–water partition coefficient (Wildman–Crippen LogP) is 1.77. The Morgan fingerprint density at radius 1 is 1.54 bits per heavy atom. The second-order valence-electron chi connectivity index (χ2n) is 4.00. The number of hydrogen-bond donors (Lipinski definition) is 1. The number of nitrogens with zero attached hydrogens (tertiary/aromatic N) is 1. The summed E-state index contributed by atoms with van der Waals surface area (Å²) in [5.74, 6) is 2.43. The molecule has 78 valence electrons. The summed E-state index contributed by atoms with van der Waals surface area (Å²) in [6, 6.07) is 1.41. The molecule has 1 aliphatic heterocycles. The molecule has 0 spiro atoms. The lowest BCUT2D eigenvalue weighted by atomic mass is 10.2. The maximum Gasteiger partial charge on any atom is 0.0421 e. The molecule has 1 unspecified atom stereocenters. The first-order chi connectivity index (χ1) is 6.24. The van der Waals surface area contributed by atoms with Gasteiger partial charge < -0.3 is 5.32 Å². The topological polar surface area (TPSA) is 15.3 Å². The standard InChI is InChI=1S/C10H22N2S/c1-4-5-12(9(2)3)6-10-7-13-8-11-10/h9-11H,4-8H2,1-3H3. The molecule has 13 heavy (non-hydrogen) atoms. The van der Waals surface area contributed by atoms with Crippen LogP contribution in [0.25, 0.3) is 0 Å². The zero-order chi connectivity index (χ0) is 9.68. The molecule has 1 saturated heterocycles. The van der Waals surface area contributed by atoms with E-state index in [0.717, 1.165) is 11.9 Å². The van der Waals surface area contributed by atoms with Gasteiger partial charge in [-0.05, 0) is 26.8 Å². The lowest BCUT2D eigenvalue weighted by molar-refractivity contribution is 0.206. The summed E-state index contributed by atoms with van der Waals surface area (Å²) in [6.07, 6.45) is 1.26. The van der Waals surface area contributed by atoms with E-state index in [1.54, 1.807) is 0 Å². The van der Waals surface area contributed by atoms with Gasteiger partial charge in [-0.1, -0.05) is 6.92 Å². The molecule has 1 N–H and O–H groups in total. The molecule has 0 aromatic rings. The second kappa shape index (κ2) is 5.89. The largest absolute Gasteiger partial charge is 0.303 e. The summed E-state index contributed by atoms with van der Waals surface area (Å²) in [7, 11) is 0. The monoisotopic (exact) mass is 202 g/mol. The predicted molar refractivity (Wildman–Crippen MR) is 61.2 cm³/mol. The normalized spacial score (nSPS) is 23.3. The molecule has 0 bridgehead atoms. The molecular formula is C10H22N2S. The van der Waals surface area contributed by atoms with Gasteiger partial charge in [0.05, 0.1) is 0 Å². The van der Waals surface area contributed by atoms with Crippen LogP contribution >= 0.6 is 11.8 Å². The number of rotatable bonds is 5. The van der Waals surface area contributed by atoms with E-state index >= 15 is 0 Å². The molecule has 1 aliphatic rings. The van der Waals surface area contributed by atoms with Crippen molar-refractivity contribution in [1.29, 1.82) is 0 Å². The van der Waals surface area contributed by atoms with Crippen molar-refractivity contribution in [2.75, 3.05) is 24.7 Å². The first-order valence-corrected chi connectivity index (χ1v) is 6.44. The maximum absolute atomic E-state index is 3.52. The molecule has 1 rings (SSSR count). The lowest BCUT2D eigenvalue weighted by Crippen LogP contribution is -2.42. The fourth-order valence-corrected chi connectivity index (χ4v) is 2.66. The minimum atomic E-state index is 0.687. The number of thioether (sulfide) groups is 1. The van der Waals surface area contributed by atoms with Gasteiger partial charge in [-0.25, -0.2) is 0 Å². The Labute approximate surface area is 86.5 Å². The molecule has 2 nitrogen and oxygen atoms in total. The molecule has 1 fully saturated rings. The molecule has 0 radical (unpaired) electrons. The highest BCUT2D eigenvalue weighted by Crippen LogP contribution is 2.12. The highest BCUT2D eigenvalue weighted by Gasteiger charge is 2.18. The van der Waals surface area contributed by atoms with E-state index in [1.165, 1.54) is 25.3 Å². The molecule has 3 heteroatoms. The van der Waals surface area contributed by atoms with Crippen LogP contribution in [0.3, 0.4) is 0 Å². The van der Waals surface area contributed by atoms with Gasteiger partial charge in [-0.15, -0.1) is 11.8 Å². The number of hydrogen-bond acceptors (Lipinski definition) is 3. The summed E-state index contributed by atoms with van der Waals surface area (Å²) in [5.41, 5.74) is 0. The van der Waals surface area contributed by atoms with Crippen LogP contribution in [-0.2, 0) is 0 Å². The number of nitrogens with one attached hydrogen (secondary N) is 1. The van der Waals surface area contributed by atoms with Gasteiger partial charge in [-0.2, -0.15) is 0 Å². The minimum absolute atomic E-state index is 0.687. The Bertz CT molecular complexity index is 133. The van der Waals surface area contributed by atoms with Crippen LogP contribution in [0.5, 0.6) is 0 Å². The average Bonchev–Trinajstić information content (AvgIpc) is 2.56. The Morgan fingerprint density at radius 2 is 2.31 bits per heavy atom. The first kappa shape index (κ1) is 11.3. The van der Waals surface area contributed by atoms with Crippen molar-refractivity contribution in [1.82, 2.24) is 10.2 Å². The van der Waals surface area contributed by atoms with Crippen molar-refractivity contribution >= 4 is 11.8 Å². The summed E-state index contributed by atoms with van der Waals surface area (Å²) in [4.78, 5) is 2.57. The molecule has 1 atom stereocenters. The third-order valence-corrected chi connectivity index (χ3v) is 3.50. The molecule has 0 aliphatic carbocycles. The summed E-state index contributed by atoms with van der Waals surface area (Å²) >= 11 is 2.02. The van der Waals surface area contributed by atoms with E-state index in [1.807, 2.05) is 11.8 Å². The van der Waals surface area contributed by atoms with Crippen LogP contribution in [0.2, 0.25) is 0 Å². The second-order valence-corrected chi connectivity index (χ2v) is 5.04. The maximum atomic E-state index is 3.52. The quantitative estimate of drug-likeness (QED) is 0.731. The third-order valence-electron chi connectivity index (χ3n) is 2.49. The fourth-order valence-electron chi connectivity index (χ4n) is 1.68. The third kappa shape index (κ3) is 3.88. The lowest BCUT2D eigenvalue weighted by Gasteiger charge is -2.28. The Balaban J connectivity index is 2.27. The van der Waals surface area contributed by atoms with E-state index in [0.29, 0.717) is 6.04 Å². The Hall–Kier alpha value is 0.270. The van der Waals surface area contributed by atoms with Crippen LogP contribution in [0, 0.1) is 0 Å². The van der Waals surface area contributed by atoms with Crippen molar-refractivity contribution in [3.63, 3.8) is 0 Å². The average molecular weight is 202 g/mol. The molecule has 1 heterocycles. The minimum Gasteiger partial charge on any atom is -0.303 e. The van der Waals surface area contributed by atoms with E-state index in [4.69, 9.17) is 0 Å². The van der Waals surface area contributed by atoms with Crippen LogP contribution in [0.15, 0.2) is 0 Å². The van der Waals surface area contributed by atoms with E-state index in [-0.39, 0.29) is 0 Å². The molecule has 0 aromatic heterocycles. The van der Waals surface area contributed by atoms with Gasteiger partial charge in [0, 0.05) is 30.3 Å². The molecule has 0 saturated carbocycles. The summed E-state index contributed by atoms with van der Waals surface area (Å²) in [6.45, 7) is 9.29. The van der Waals surface area contributed by atoms with Gasteiger partial charge in [0.15, 0.2) is 0 Å². The fraction of sp³-hybridized carbons (Fsp3) is 1.00. The van der Waals surface area contributed by atoms with E-state index in [2.05, 4.69) is 31.0 Å². The molecular weight excluding hydrogens is 180 g/mol. The zero-order valence-electron chi connectivity index (χ0n) is 9.05. The van der Waals surface area contributed by atoms with Crippen LogP contribution in [0.1, 0.15) is 27.2 Å². The Kier molecular flexibility index (Phi) is 5.14. The van der Waals surface area contributed by atoms with Gasteiger partial charge in [-0.3, -0.25) is 4.90 Å². The smallest absolute Gasteiger partial charge is 0.0421 e. The van der Waals surface area contributed by atoms with Crippen molar-refractivity contribution in [3.05, 3.63) is 0 Å². The van der Waals surface area contributed by atoms with Crippen LogP contribution in [-0.4, -0.2) is 41.7 Å². The van der Waals surface area contributed by atoms with Gasteiger partial charge >= 0.3 is 0 Å². The van der Waals surface area contributed by atoms with Crippen LogP contribution in [0.4, 0.5) is 0 Å². The Morgan fingerprint density at radius 3 is 2.77 bits per heavy atom. The van der Waals surface area contributed by atoms with Crippen LogP contribution < -0.4 is 5.32 Å². The molecule has 0 amide bonds. The van der Waals surface area contributed by atoms with Crippen molar-refractivity contribution in [3.8, 4) is 0 Å². The van der Waals surface area contributed by atoms with Crippen molar-refractivity contribution < 1.29 is 0 Å². The van der Waals surface area contributed by atoms with E-state index < -0.39 is 0 Å². The zero-order valence-corrected chi connectivity index (χ0v) is 9.86. The van der Waals surface area contributed by atoms with Gasteiger partial charge in [0.1, 0.15) is 0 Å². The van der Waals surface area contributed by atoms with Gasteiger partial charge in [0.2, 0.25) is 0 Å². The van der Waals surface area contributed by atoms with Crippen molar-refractivity contribution in [2.24, 2.45) is 0 Å². The van der Waals surface area contributed by atoms with E-state index in [9.17, 15) is 0 Å². The van der Waals surface area contributed by atoms with Crippen molar-refractivity contribution in [2.45, 2.75) is 39.3 Å². The highest BCUT2D eigenvalue weighted by atomic mass is 32.2.